The molecule has 1 aliphatic carbocycles. The summed E-state index contributed by atoms with van der Waals surface area (Å²) in [7, 11) is 2.82. The van der Waals surface area contributed by atoms with Gasteiger partial charge in [-0.1, -0.05) is 25.5 Å². The Morgan fingerprint density at radius 2 is 1.80 bits per heavy atom. The maximum absolute atomic E-state index is 13.5. The number of halogens is 3. The fourth-order valence-corrected chi connectivity index (χ4v) is 5.66. The predicted octanol–water partition coefficient (Wildman–Crippen LogP) is 7.48. The Morgan fingerprint density at radius 3 is 2.40 bits per heavy atom. The van der Waals surface area contributed by atoms with E-state index >= 15 is 0 Å². The maximum atomic E-state index is 13.5. The van der Waals surface area contributed by atoms with Gasteiger partial charge in [-0.2, -0.15) is 13.2 Å². The second-order valence-electron chi connectivity index (χ2n) is 11.2. The fraction of sp³-hybridized carbons (Fsp3) is 0.483. The quantitative estimate of drug-likeness (QED) is 0.257. The van der Waals surface area contributed by atoms with Crippen molar-refractivity contribution in [3.63, 3.8) is 0 Å². The zero-order valence-corrected chi connectivity index (χ0v) is 23.3. The first-order valence-electron chi connectivity index (χ1n) is 12.9. The van der Waals surface area contributed by atoms with E-state index in [2.05, 4.69) is 13.8 Å². The van der Waals surface area contributed by atoms with Gasteiger partial charge in [-0.05, 0) is 67.4 Å². The van der Waals surface area contributed by atoms with Crippen LogP contribution in [-0.2, 0) is 10.9 Å². The molecule has 2 aromatic carbocycles. The summed E-state index contributed by atoms with van der Waals surface area (Å²) in [6, 6.07) is 6.05. The molecular formula is C29H33F3N2O6. The van der Waals surface area contributed by atoms with Crippen molar-refractivity contribution in [2.45, 2.75) is 65.3 Å². The van der Waals surface area contributed by atoms with E-state index in [0.29, 0.717) is 29.7 Å². The van der Waals surface area contributed by atoms with Crippen molar-refractivity contribution in [3.05, 3.63) is 68.3 Å². The van der Waals surface area contributed by atoms with Gasteiger partial charge in [-0.15, -0.1) is 0 Å². The van der Waals surface area contributed by atoms with Crippen molar-refractivity contribution >= 4 is 17.4 Å². The second kappa shape index (κ2) is 10.7. The molecule has 2 aromatic rings. The van der Waals surface area contributed by atoms with Crippen molar-refractivity contribution in [2.24, 2.45) is 5.41 Å². The number of hydrogen-bond donors (Lipinski definition) is 0. The largest absolute Gasteiger partial charge is 0.496 e. The molecule has 4 rings (SSSR count). The number of ether oxygens (including phenoxy) is 3. The highest BCUT2D eigenvalue weighted by atomic mass is 19.4. The summed E-state index contributed by atoms with van der Waals surface area (Å²) in [6.07, 6.45) is -4.04. The van der Waals surface area contributed by atoms with Gasteiger partial charge in [0.15, 0.2) is 0 Å². The Hall–Kier alpha value is -3.76. The molecule has 216 valence electrons. The average Bonchev–Trinajstić information content (AvgIpc) is 3.15. The van der Waals surface area contributed by atoms with Gasteiger partial charge in [0.05, 0.1) is 30.7 Å². The van der Waals surface area contributed by atoms with Crippen LogP contribution in [0.4, 0.5) is 23.7 Å². The number of methoxy groups -OCH3 is 2. The summed E-state index contributed by atoms with van der Waals surface area (Å²) in [5, 5.41) is 11.8. The fourth-order valence-electron chi connectivity index (χ4n) is 5.66. The summed E-state index contributed by atoms with van der Waals surface area (Å²) >= 11 is 0. The Kier molecular flexibility index (Phi) is 7.79. The maximum Gasteiger partial charge on any atom is 0.416 e. The van der Waals surface area contributed by atoms with Crippen molar-refractivity contribution in [2.75, 3.05) is 20.8 Å². The van der Waals surface area contributed by atoms with E-state index in [1.54, 1.807) is 19.9 Å². The molecule has 1 aliphatic heterocycles. The van der Waals surface area contributed by atoms with E-state index in [4.69, 9.17) is 14.2 Å². The van der Waals surface area contributed by atoms with Gasteiger partial charge in [0.2, 0.25) is 5.75 Å². The zero-order chi connectivity index (χ0) is 29.6. The number of rotatable bonds is 7. The van der Waals surface area contributed by atoms with Gasteiger partial charge in [-0.3, -0.25) is 15.0 Å². The number of carbonyl (C=O) groups excluding carboxylic acids is 1. The molecule has 0 bridgehead atoms. The number of allylic oxidation sites excluding steroid dienone is 1. The average molecular weight is 563 g/mol. The lowest BCUT2D eigenvalue weighted by molar-refractivity contribution is -0.385. The number of nitrogens with zero attached hydrogens (tertiary/aromatic N) is 2. The molecule has 1 saturated heterocycles. The Balaban J connectivity index is 1.75. The van der Waals surface area contributed by atoms with Crippen molar-refractivity contribution in [1.82, 2.24) is 4.90 Å². The van der Waals surface area contributed by atoms with Crippen molar-refractivity contribution < 1.29 is 37.1 Å². The standard InChI is InChI=1S/C29H33F3N2O6/c1-16-9-18(11-20(10-16)29(30,31)32)26-17(2)33(27(35)40-26)15-19-14-28(3,4)8-7-21(19)22-12-23(34(36)37)25(39-6)13-24(22)38-5/h9-13,17,26H,7-8,14-15H2,1-6H3/t17-,26-/m0/s1. The Morgan fingerprint density at radius 1 is 1.12 bits per heavy atom. The van der Waals surface area contributed by atoms with E-state index in [0.717, 1.165) is 29.7 Å². The molecule has 0 spiro atoms. The number of carbonyl (C=O) groups is 1. The molecule has 1 amide bonds. The molecule has 1 fully saturated rings. The minimum absolute atomic E-state index is 0.0693. The van der Waals surface area contributed by atoms with E-state index in [-0.39, 0.29) is 29.0 Å². The molecule has 2 atom stereocenters. The molecule has 8 nitrogen and oxygen atoms in total. The summed E-state index contributed by atoms with van der Waals surface area (Å²) in [5.41, 5.74) is 1.86. The molecule has 0 unspecified atom stereocenters. The van der Waals surface area contributed by atoms with E-state index in [9.17, 15) is 28.1 Å². The normalized spacial score (nSPS) is 20.9. The van der Waals surface area contributed by atoms with Crippen LogP contribution in [0.3, 0.4) is 0 Å². The van der Waals surface area contributed by atoms with E-state index in [1.165, 1.54) is 31.3 Å². The van der Waals surface area contributed by atoms with Crippen LogP contribution >= 0.6 is 0 Å². The number of benzene rings is 2. The van der Waals surface area contributed by atoms with E-state index in [1.807, 2.05) is 0 Å². The SMILES string of the molecule is COc1cc(OC)c([N+](=O)[O-])cc1C1=C(CN2C(=O)O[C@H](c3cc(C)cc(C(F)(F)F)c3)[C@@H]2C)CC(C)(C)CC1. The van der Waals surface area contributed by atoms with Crippen LogP contribution in [-0.4, -0.2) is 42.7 Å². The Bertz CT molecular complexity index is 1370. The summed E-state index contributed by atoms with van der Waals surface area (Å²) in [5.74, 6) is 0.476. The minimum atomic E-state index is -4.53. The molecular weight excluding hydrogens is 529 g/mol. The number of cyclic esters (lactones) is 1. The highest BCUT2D eigenvalue weighted by Gasteiger charge is 2.42. The van der Waals surface area contributed by atoms with E-state index < -0.39 is 34.9 Å². The van der Waals surface area contributed by atoms with Crippen LogP contribution in [0.2, 0.25) is 0 Å². The van der Waals surface area contributed by atoms with Gasteiger partial charge in [0, 0.05) is 24.2 Å². The first-order valence-corrected chi connectivity index (χ1v) is 12.9. The van der Waals surface area contributed by atoms with Crippen LogP contribution in [0.15, 0.2) is 35.9 Å². The Labute approximate surface area is 230 Å². The highest BCUT2D eigenvalue weighted by Crippen LogP contribution is 2.48. The van der Waals surface area contributed by atoms with Gasteiger partial charge < -0.3 is 14.2 Å². The number of nitro groups is 1. The zero-order valence-electron chi connectivity index (χ0n) is 23.3. The molecule has 0 radical (unpaired) electrons. The highest BCUT2D eigenvalue weighted by molar-refractivity contribution is 5.79. The molecule has 0 saturated carbocycles. The molecule has 0 aromatic heterocycles. The van der Waals surface area contributed by atoms with Gasteiger partial charge in [0.1, 0.15) is 11.9 Å². The first-order chi connectivity index (χ1) is 18.6. The minimum Gasteiger partial charge on any atom is -0.496 e. The lowest BCUT2D eigenvalue weighted by Gasteiger charge is -2.35. The van der Waals surface area contributed by atoms with Gasteiger partial charge in [0.25, 0.3) is 0 Å². The molecule has 40 heavy (non-hydrogen) atoms. The monoisotopic (exact) mass is 562 g/mol. The third-order valence-electron chi connectivity index (χ3n) is 7.70. The molecule has 2 aliphatic rings. The summed E-state index contributed by atoms with van der Waals surface area (Å²) in [6.45, 7) is 7.70. The number of amides is 1. The molecule has 1 heterocycles. The molecule has 11 heteroatoms. The third kappa shape index (κ3) is 5.73. The van der Waals surface area contributed by atoms with Crippen molar-refractivity contribution in [1.29, 1.82) is 0 Å². The smallest absolute Gasteiger partial charge is 0.416 e. The van der Waals surface area contributed by atoms with Crippen LogP contribution in [0.5, 0.6) is 11.5 Å². The lowest BCUT2D eigenvalue weighted by atomic mass is 9.72. The topological polar surface area (TPSA) is 91.1 Å². The first kappa shape index (κ1) is 29.2. The number of hydrogen-bond acceptors (Lipinski definition) is 6. The van der Waals surface area contributed by atoms with Crippen LogP contribution < -0.4 is 9.47 Å². The van der Waals surface area contributed by atoms with Crippen LogP contribution in [0, 0.1) is 22.5 Å². The predicted molar refractivity (Wildman–Crippen MR) is 142 cm³/mol. The van der Waals surface area contributed by atoms with Crippen molar-refractivity contribution in [3.8, 4) is 11.5 Å². The third-order valence-corrected chi connectivity index (χ3v) is 7.70. The summed E-state index contributed by atoms with van der Waals surface area (Å²) in [4.78, 5) is 25.9. The second-order valence-corrected chi connectivity index (χ2v) is 11.2. The van der Waals surface area contributed by atoms with Gasteiger partial charge >= 0.3 is 18.0 Å². The van der Waals surface area contributed by atoms with Gasteiger partial charge in [-0.25, -0.2) is 4.79 Å². The molecule has 0 N–H and O–H groups in total. The van der Waals surface area contributed by atoms with Crippen LogP contribution in [0.1, 0.15) is 68.4 Å². The number of alkyl halides is 3. The number of nitro benzene ring substituents is 1. The number of aryl methyl sites for hydroxylation is 1. The summed E-state index contributed by atoms with van der Waals surface area (Å²) < 4.78 is 56.8. The lowest BCUT2D eigenvalue weighted by Crippen LogP contribution is -2.35. The van der Waals surface area contributed by atoms with Crippen LogP contribution in [0.25, 0.3) is 5.57 Å².